The molecule has 2 aromatic rings. The van der Waals surface area contributed by atoms with Crippen LogP contribution in [-0.2, 0) is 13.1 Å². The van der Waals surface area contributed by atoms with Crippen molar-refractivity contribution in [1.82, 2.24) is 14.7 Å². The molecule has 2 fully saturated rings. The minimum atomic E-state index is -0.409. The third kappa shape index (κ3) is 3.67. The van der Waals surface area contributed by atoms with Crippen molar-refractivity contribution in [3.63, 3.8) is 0 Å². The summed E-state index contributed by atoms with van der Waals surface area (Å²) in [5.74, 6) is 3.56. The number of furan rings is 1. The molecule has 0 saturated heterocycles. The second-order valence-electron chi connectivity index (χ2n) is 7.17. The van der Waals surface area contributed by atoms with Crippen molar-refractivity contribution in [2.75, 3.05) is 6.54 Å². The molecule has 2 aromatic heterocycles. The maximum absolute atomic E-state index is 10.4. The van der Waals surface area contributed by atoms with E-state index in [1.54, 1.807) is 10.9 Å². The van der Waals surface area contributed by atoms with E-state index in [9.17, 15) is 5.11 Å². The van der Waals surface area contributed by atoms with Crippen LogP contribution in [0.2, 0.25) is 0 Å². The van der Waals surface area contributed by atoms with Crippen LogP contribution in [0.5, 0.6) is 0 Å². The van der Waals surface area contributed by atoms with E-state index in [2.05, 4.69) is 29.1 Å². The molecular weight excluding hydrogens is 290 g/mol. The first-order valence-corrected chi connectivity index (χ1v) is 8.67. The van der Waals surface area contributed by atoms with Gasteiger partial charge in [-0.1, -0.05) is 6.92 Å². The third-order valence-electron chi connectivity index (χ3n) is 4.98. The average molecular weight is 315 g/mol. The maximum atomic E-state index is 10.4. The molecule has 0 radical (unpaired) electrons. The Kier molecular flexibility index (Phi) is 3.99. The summed E-state index contributed by atoms with van der Waals surface area (Å²) in [4.78, 5) is 2.35. The SMILES string of the molecule is C[C@@H]1C[C@@H]1c1ccc(CN(C[C@H](O)Cn2cccn2)C2CC2)o1. The Morgan fingerprint density at radius 2 is 2.26 bits per heavy atom. The topological polar surface area (TPSA) is 54.4 Å². The van der Waals surface area contributed by atoms with Crippen LogP contribution in [-0.4, -0.2) is 38.5 Å². The van der Waals surface area contributed by atoms with Crippen LogP contribution >= 0.6 is 0 Å². The Hall–Kier alpha value is -1.59. The van der Waals surface area contributed by atoms with Gasteiger partial charge in [0.1, 0.15) is 11.5 Å². The van der Waals surface area contributed by atoms with Crippen molar-refractivity contribution < 1.29 is 9.52 Å². The summed E-state index contributed by atoms with van der Waals surface area (Å²) in [6, 6.07) is 6.72. The molecule has 5 nitrogen and oxygen atoms in total. The molecular formula is C18H25N3O2. The van der Waals surface area contributed by atoms with Crippen LogP contribution in [0.1, 0.15) is 43.6 Å². The van der Waals surface area contributed by atoms with Crippen LogP contribution in [0.15, 0.2) is 35.0 Å². The molecule has 0 spiro atoms. The molecule has 0 amide bonds. The zero-order valence-corrected chi connectivity index (χ0v) is 13.6. The Bertz CT molecular complexity index is 632. The Morgan fingerprint density at radius 1 is 1.43 bits per heavy atom. The molecule has 23 heavy (non-hydrogen) atoms. The van der Waals surface area contributed by atoms with Crippen molar-refractivity contribution in [2.45, 2.75) is 57.3 Å². The second kappa shape index (κ2) is 6.13. The third-order valence-corrected chi connectivity index (χ3v) is 4.98. The molecule has 1 N–H and O–H groups in total. The average Bonchev–Trinajstić information content (AvgIpc) is 3.39. The van der Waals surface area contributed by atoms with Crippen molar-refractivity contribution in [2.24, 2.45) is 5.92 Å². The summed E-state index contributed by atoms with van der Waals surface area (Å²) >= 11 is 0. The molecule has 124 valence electrons. The van der Waals surface area contributed by atoms with E-state index in [1.807, 2.05) is 12.3 Å². The molecule has 2 aliphatic carbocycles. The van der Waals surface area contributed by atoms with Gasteiger partial charge >= 0.3 is 0 Å². The minimum Gasteiger partial charge on any atom is -0.464 e. The molecule has 0 aromatic carbocycles. The zero-order chi connectivity index (χ0) is 15.8. The van der Waals surface area contributed by atoms with Gasteiger partial charge in [0.05, 0.1) is 19.2 Å². The first-order valence-electron chi connectivity index (χ1n) is 8.67. The fourth-order valence-electron chi connectivity index (χ4n) is 3.33. The molecule has 4 rings (SSSR count). The number of aliphatic hydroxyl groups excluding tert-OH is 1. The van der Waals surface area contributed by atoms with Crippen molar-refractivity contribution >= 4 is 0 Å². The Balaban J connectivity index is 1.35. The zero-order valence-electron chi connectivity index (χ0n) is 13.6. The molecule has 0 unspecified atom stereocenters. The fraction of sp³-hybridized carbons (Fsp3) is 0.611. The lowest BCUT2D eigenvalue weighted by atomic mass is 10.2. The summed E-state index contributed by atoms with van der Waals surface area (Å²) < 4.78 is 7.82. The Morgan fingerprint density at radius 3 is 2.91 bits per heavy atom. The highest BCUT2D eigenvalue weighted by atomic mass is 16.3. The number of aromatic nitrogens is 2. The van der Waals surface area contributed by atoms with Gasteiger partial charge in [-0.2, -0.15) is 5.10 Å². The van der Waals surface area contributed by atoms with Crippen LogP contribution in [0.4, 0.5) is 0 Å². The van der Waals surface area contributed by atoms with Gasteiger partial charge in [0, 0.05) is 30.9 Å². The van der Waals surface area contributed by atoms with Gasteiger partial charge < -0.3 is 9.52 Å². The summed E-state index contributed by atoms with van der Waals surface area (Å²) in [5, 5.41) is 14.5. The van der Waals surface area contributed by atoms with Crippen molar-refractivity contribution in [3.05, 3.63) is 42.1 Å². The van der Waals surface area contributed by atoms with Gasteiger partial charge in [-0.05, 0) is 43.4 Å². The van der Waals surface area contributed by atoms with Gasteiger partial charge in [-0.25, -0.2) is 0 Å². The number of rotatable bonds is 8. The van der Waals surface area contributed by atoms with Crippen LogP contribution in [0.3, 0.4) is 0 Å². The number of aliphatic hydroxyl groups is 1. The quantitative estimate of drug-likeness (QED) is 0.813. The summed E-state index contributed by atoms with van der Waals surface area (Å²) in [5.41, 5.74) is 0. The van der Waals surface area contributed by atoms with Crippen LogP contribution < -0.4 is 0 Å². The fourth-order valence-corrected chi connectivity index (χ4v) is 3.33. The first-order chi connectivity index (χ1) is 11.2. The van der Waals surface area contributed by atoms with Crippen molar-refractivity contribution in [3.8, 4) is 0 Å². The molecule has 3 atom stereocenters. The highest BCUT2D eigenvalue weighted by Crippen LogP contribution is 2.47. The lowest BCUT2D eigenvalue weighted by molar-refractivity contribution is 0.0839. The summed E-state index contributed by atoms with van der Waals surface area (Å²) in [7, 11) is 0. The molecule has 2 heterocycles. The van der Waals surface area contributed by atoms with Gasteiger partial charge in [0.2, 0.25) is 0 Å². The lowest BCUT2D eigenvalue weighted by Gasteiger charge is -2.24. The van der Waals surface area contributed by atoms with Crippen molar-refractivity contribution in [1.29, 1.82) is 0 Å². The van der Waals surface area contributed by atoms with Crippen LogP contribution in [0.25, 0.3) is 0 Å². The van der Waals surface area contributed by atoms with E-state index in [0.717, 1.165) is 24.0 Å². The van der Waals surface area contributed by atoms with E-state index in [4.69, 9.17) is 4.42 Å². The normalized spacial score (nSPS) is 25.0. The predicted octanol–water partition coefficient (Wildman–Crippen LogP) is 2.63. The summed E-state index contributed by atoms with van der Waals surface area (Å²) in [6.07, 6.45) is 6.92. The van der Waals surface area contributed by atoms with Gasteiger partial charge in [0.25, 0.3) is 0 Å². The largest absolute Gasteiger partial charge is 0.464 e. The molecule has 0 aliphatic heterocycles. The predicted molar refractivity (Wildman–Crippen MR) is 86.9 cm³/mol. The maximum Gasteiger partial charge on any atom is 0.118 e. The number of hydrogen-bond acceptors (Lipinski definition) is 4. The van der Waals surface area contributed by atoms with Crippen LogP contribution in [0, 0.1) is 5.92 Å². The molecule has 0 bridgehead atoms. The standard InChI is InChI=1S/C18H25N3O2/c1-13-9-17(13)18-6-5-16(23-18)12-20(14-3-4-14)10-15(22)11-21-8-2-7-19-21/h2,5-8,13-15,17,22H,3-4,9-12H2,1H3/t13-,15+,17+/m1/s1. The van der Waals surface area contributed by atoms with E-state index >= 15 is 0 Å². The first kappa shape index (κ1) is 15.0. The van der Waals surface area contributed by atoms with Gasteiger partial charge in [-0.3, -0.25) is 9.58 Å². The monoisotopic (exact) mass is 315 g/mol. The Labute approximate surface area is 136 Å². The highest BCUT2D eigenvalue weighted by molar-refractivity contribution is 5.17. The highest BCUT2D eigenvalue weighted by Gasteiger charge is 2.37. The van der Waals surface area contributed by atoms with E-state index in [0.29, 0.717) is 25.0 Å². The number of hydrogen-bond donors (Lipinski definition) is 1. The van der Waals surface area contributed by atoms with Gasteiger partial charge in [0.15, 0.2) is 0 Å². The van der Waals surface area contributed by atoms with Gasteiger partial charge in [-0.15, -0.1) is 0 Å². The van der Waals surface area contributed by atoms with E-state index < -0.39 is 6.10 Å². The lowest BCUT2D eigenvalue weighted by Crippen LogP contribution is -2.36. The molecule has 2 saturated carbocycles. The smallest absolute Gasteiger partial charge is 0.118 e. The summed E-state index contributed by atoms with van der Waals surface area (Å²) in [6.45, 7) is 4.27. The molecule has 2 aliphatic rings. The van der Waals surface area contributed by atoms with E-state index in [1.165, 1.54) is 19.3 Å². The molecule has 5 heteroatoms. The van der Waals surface area contributed by atoms with E-state index in [-0.39, 0.29) is 0 Å². The second-order valence-corrected chi connectivity index (χ2v) is 7.17. The minimum absolute atomic E-state index is 0.409. The number of nitrogens with zero attached hydrogens (tertiary/aromatic N) is 3.